The van der Waals surface area contributed by atoms with Gasteiger partial charge in [0, 0.05) is 10.8 Å². The Kier molecular flexibility index (Phi) is 1.46. The van der Waals surface area contributed by atoms with E-state index in [4.69, 9.17) is 0 Å². The molecule has 54 valence electrons. The minimum Gasteiger partial charge on any atom is -0.132 e. The zero-order chi connectivity index (χ0) is 7.84. The van der Waals surface area contributed by atoms with Gasteiger partial charge in [-0.25, -0.2) is 0 Å². The summed E-state index contributed by atoms with van der Waals surface area (Å²) in [5, 5.41) is 8.73. The van der Waals surface area contributed by atoms with E-state index >= 15 is 0 Å². The second kappa shape index (κ2) is 2.35. The maximum atomic E-state index is 3.17. The lowest BCUT2D eigenvalue weighted by atomic mass is 10.1. The van der Waals surface area contributed by atoms with Crippen LogP contribution >= 0.6 is 11.3 Å². The van der Waals surface area contributed by atoms with Crippen molar-refractivity contribution < 1.29 is 0 Å². The molecule has 0 bridgehead atoms. The third kappa shape index (κ3) is 1.05. The van der Waals surface area contributed by atoms with Gasteiger partial charge in [0.2, 0.25) is 0 Å². The van der Waals surface area contributed by atoms with Crippen molar-refractivity contribution in [2.75, 3.05) is 0 Å². The van der Waals surface area contributed by atoms with Crippen molar-refractivity contribution in [3.63, 3.8) is 0 Å². The van der Waals surface area contributed by atoms with Crippen LogP contribution < -0.4 is 0 Å². The molecule has 0 aliphatic rings. The highest BCUT2D eigenvalue weighted by atomic mass is 32.1. The Morgan fingerprint density at radius 2 is 1.45 bits per heavy atom. The van der Waals surface area contributed by atoms with Crippen LogP contribution in [0.5, 0.6) is 0 Å². The van der Waals surface area contributed by atoms with Crippen LogP contribution in [-0.2, 0) is 0 Å². The minimum absolute atomic E-state index is 1.19. The van der Waals surface area contributed by atoms with E-state index in [1.165, 1.54) is 33.2 Å². The Morgan fingerprint density at radius 1 is 1.00 bits per heavy atom. The first-order valence-corrected chi connectivity index (χ1v) is 4.38. The first-order chi connectivity index (χ1) is 5.27. The van der Waals surface area contributed by atoms with Crippen LogP contribution in [0.25, 0.3) is 10.8 Å². The number of thiophene rings is 1. The second-order valence-corrected chi connectivity index (χ2v) is 3.40. The van der Waals surface area contributed by atoms with Gasteiger partial charge in [-0.15, -0.1) is 11.3 Å². The Hall–Kier alpha value is -0.820. The predicted octanol–water partition coefficient (Wildman–Crippen LogP) is 3.12. The normalized spacial score (nSPS) is 10.7. The van der Waals surface area contributed by atoms with Crippen molar-refractivity contribution in [1.82, 2.24) is 0 Å². The molecule has 1 heteroatoms. The van der Waals surface area contributed by atoms with Gasteiger partial charge in [-0.2, -0.15) is 0 Å². The summed E-state index contributed by atoms with van der Waals surface area (Å²) in [5.41, 5.74) is 2.67. The van der Waals surface area contributed by atoms with Gasteiger partial charge in [0.05, 0.1) is 10.8 Å². The standard InChI is InChI=1S/C10H8S/c1-7-3-9-5-11-6-10(9)4-8(7)2/h3-4H,1-2H3. The third-order valence-corrected chi connectivity index (χ3v) is 2.60. The van der Waals surface area contributed by atoms with Gasteiger partial charge in [-0.3, -0.25) is 0 Å². The lowest BCUT2D eigenvalue weighted by molar-refractivity contribution is 1.37. The first kappa shape index (κ1) is 6.86. The van der Waals surface area contributed by atoms with Crippen LogP contribution in [0.15, 0.2) is 12.1 Å². The fraction of sp³-hybridized carbons (Fsp3) is 0.200. The van der Waals surface area contributed by atoms with Crippen molar-refractivity contribution in [2.24, 2.45) is 0 Å². The smallest absolute Gasteiger partial charge is 0.0534 e. The molecule has 1 aromatic carbocycles. The van der Waals surface area contributed by atoms with Gasteiger partial charge in [-0.1, -0.05) is 0 Å². The fourth-order valence-electron chi connectivity index (χ4n) is 1.12. The van der Waals surface area contributed by atoms with E-state index in [0.717, 1.165) is 0 Å². The largest absolute Gasteiger partial charge is 0.132 e. The van der Waals surface area contributed by atoms with E-state index in [1.54, 1.807) is 0 Å². The predicted molar refractivity (Wildman–Crippen MR) is 49.0 cm³/mol. The van der Waals surface area contributed by atoms with E-state index < -0.39 is 0 Å². The molecule has 0 nitrogen and oxygen atoms in total. The van der Waals surface area contributed by atoms with Crippen LogP contribution in [0.3, 0.4) is 0 Å². The molecule has 0 amide bonds. The SMILES string of the molecule is Cc1cc2[c]s[c]c2cc1C. The monoisotopic (exact) mass is 160 g/mol. The van der Waals surface area contributed by atoms with Crippen molar-refractivity contribution in [2.45, 2.75) is 13.8 Å². The van der Waals surface area contributed by atoms with E-state index in [9.17, 15) is 0 Å². The summed E-state index contributed by atoms with van der Waals surface area (Å²) in [6, 6.07) is 4.33. The number of fused-ring (bicyclic) bond motifs is 1. The maximum Gasteiger partial charge on any atom is 0.0534 e. The average Bonchev–Trinajstić information content (AvgIpc) is 2.36. The molecule has 0 fully saturated rings. The Morgan fingerprint density at radius 3 is 1.91 bits per heavy atom. The zero-order valence-electron chi connectivity index (χ0n) is 6.56. The molecule has 2 rings (SSSR count). The van der Waals surface area contributed by atoms with Crippen LogP contribution in [-0.4, -0.2) is 0 Å². The molecule has 0 unspecified atom stereocenters. The molecule has 2 aromatic rings. The summed E-state index contributed by atoms with van der Waals surface area (Å²) < 4.78 is 0. The highest BCUT2D eigenvalue weighted by Crippen LogP contribution is 2.21. The molecule has 1 aromatic heterocycles. The number of hydrogen-bond donors (Lipinski definition) is 0. The molecular formula is C10H8S. The van der Waals surface area contributed by atoms with Gasteiger partial charge in [-0.05, 0) is 37.1 Å². The average molecular weight is 160 g/mol. The third-order valence-electron chi connectivity index (χ3n) is 1.96. The first-order valence-electron chi connectivity index (χ1n) is 3.56. The highest BCUT2D eigenvalue weighted by Gasteiger charge is 1.97. The molecule has 0 aliphatic carbocycles. The van der Waals surface area contributed by atoms with E-state index in [2.05, 4.69) is 36.7 Å². The number of aryl methyl sites for hydroxylation is 2. The topological polar surface area (TPSA) is 0 Å². The summed E-state index contributed by atoms with van der Waals surface area (Å²) in [6.07, 6.45) is 0. The van der Waals surface area contributed by atoms with E-state index in [-0.39, 0.29) is 0 Å². The number of benzene rings is 1. The molecule has 0 atom stereocenters. The Balaban J connectivity index is 2.86. The van der Waals surface area contributed by atoms with Crippen LogP contribution in [0.4, 0.5) is 0 Å². The molecule has 2 radical (unpaired) electrons. The van der Waals surface area contributed by atoms with E-state index in [0.29, 0.717) is 0 Å². The Bertz CT molecular complexity index is 349. The van der Waals surface area contributed by atoms with Crippen LogP contribution in [0.1, 0.15) is 11.1 Å². The summed E-state index contributed by atoms with van der Waals surface area (Å²) in [7, 11) is 0. The van der Waals surface area contributed by atoms with Crippen molar-refractivity contribution in [3.05, 3.63) is 34.0 Å². The van der Waals surface area contributed by atoms with Gasteiger partial charge in [0.25, 0.3) is 0 Å². The molecule has 0 aliphatic heterocycles. The lowest BCUT2D eigenvalue weighted by Crippen LogP contribution is -1.78. The van der Waals surface area contributed by atoms with Crippen molar-refractivity contribution in [1.29, 1.82) is 0 Å². The molecule has 0 spiro atoms. The lowest BCUT2D eigenvalue weighted by Gasteiger charge is -1.97. The summed E-state index contributed by atoms with van der Waals surface area (Å²) in [5.74, 6) is 0. The molecule has 0 saturated carbocycles. The summed E-state index contributed by atoms with van der Waals surface area (Å²) >= 11 is 1.52. The highest BCUT2D eigenvalue weighted by molar-refractivity contribution is 7.08. The van der Waals surface area contributed by atoms with Gasteiger partial charge in [0.1, 0.15) is 0 Å². The van der Waals surface area contributed by atoms with Gasteiger partial charge < -0.3 is 0 Å². The molecule has 11 heavy (non-hydrogen) atoms. The second-order valence-electron chi connectivity index (χ2n) is 2.79. The van der Waals surface area contributed by atoms with Gasteiger partial charge in [0.15, 0.2) is 0 Å². The minimum atomic E-state index is 1.19. The zero-order valence-corrected chi connectivity index (χ0v) is 7.38. The van der Waals surface area contributed by atoms with Crippen LogP contribution in [0.2, 0.25) is 0 Å². The number of hydrogen-bond acceptors (Lipinski definition) is 1. The summed E-state index contributed by atoms with van der Waals surface area (Å²) in [4.78, 5) is 0. The number of rotatable bonds is 0. The molecule has 0 saturated heterocycles. The summed E-state index contributed by atoms with van der Waals surface area (Å²) in [6.45, 7) is 4.25. The quantitative estimate of drug-likeness (QED) is 0.555. The molecule has 0 N–H and O–H groups in total. The Labute approximate surface area is 70.5 Å². The van der Waals surface area contributed by atoms with Crippen molar-refractivity contribution in [3.8, 4) is 0 Å². The van der Waals surface area contributed by atoms with Gasteiger partial charge >= 0.3 is 0 Å². The van der Waals surface area contributed by atoms with E-state index in [1.807, 2.05) is 0 Å². The molecular weight excluding hydrogens is 152 g/mol. The van der Waals surface area contributed by atoms with Crippen molar-refractivity contribution >= 4 is 22.1 Å². The van der Waals surface area contributed by atoms with Crippen LogP contribution in [0, 0.1) is 24.6 Å². The fourth-order valence-corrected chi connectivity index (χ4v) is 1.73. The molecule has 1 heterocycles. The maximum absolute atomic E-state index is 3.17.